The Labute approximate surface area is 160 Å². The number of nitrogens with zero attached hydrogens (tertiary/aromatic N) is 5. The van der Waals surface area contributed by atoms with Crippen molar-refractivity contribution in [2.75, 3.05) is 0 Å². The highest BCUT2D eigenvalue weighted by Gasteiger charge is 2.16. The molecule has 5 rings (SSSR count). The summed E-state index contributed by atoms with van der Waals surface area (Å²) in [7, 11) is 0. The maximum atomic E-state index is 4.92. The first kappa shape index (κ1) is 16.0. The van der Waals surface area contributed by atoms with Crippen LogP contribution in [0.2, 0.25) is 0 Å². The van der Waals surface area contributed by atoms with Crippen LogP contribution in [-0.2, 0) is 5.75 Å². The van der Waals surface area contributed by atoms with E-state index in [9.17, 15) is 0 Å². The second-order valence-electron chi connectivity index (χ2n) is 6.10. The molecule has 0 aliphatic heterocycles. The van der Waals surface area contributed by atoms with Gasteiger partial charge in [-0.15, -0.1) is 10.2 Å². The molecule has 0 saturated heterocycles. The van der Waals surface area contributed by atoms with Crippen molar-refractivity contribution < 1.29 is 0 Å². The molecule has 0 aliphatic carbocycles. The summed E-state index contributed by atoms with van der Waals surface area (Å²) in [5.74, 6) is 1.65. The van der Waals surface area contributed by atoms with Gasteiger partial charge >= 0.3 is 0 Å². The van der Waals surface area contributed by atoms with Gasteiger partial charge in [-0.05, 0) is 29.8 Å². The van der Waals surface area contributed by atoms with Crippen LogP contribution in [-0.4, -0.2) is 24.6 Å². The molecule has 0 atom stereocenters. The first-order chi connectivity index (χ1) is 13.4. The molecule has 2 aromatic carbocycles. The average Bonchev–Trinajstić information content (AvgIpc) is 3.17. The van der Waals surface area contributed by atoms with Gasteiger partial charge in [0.05, 0.1) is 5.52 Å². The van der Waals surface area contributed by atoms with Crippen molar-refractivity contribution in [3.05, 3.63) is 84.7 Å². The number of hydrogen-bond acceptors (Lipinski definition) is 5. The summed E-state index contributed by atoms with van der Waals surface area (Å²) in [6.07, 6.45) is 3.62. The van der Waals surface area contributed by atoms with E-state index in [1.165, 1.54) is 5.56 Å². The largest absolute Gasteiger partial charge is 0.265 e. The number of fused-ring (bicyclic) bond motifs is 3. The Morgan fingerprint density at radius 3 is 2.44 bits per heavy atom. The summed E-state index contributed by atoms with van der Waals surface area (Å²) in [6, 6.07) is 22.3. The van der Waals surface area contributed by atoms with Gasteiger partial charge in [0, 0.05) is 29.1 Å². The van der Waals surface area contributed by atoms with E-state index < -0.39 is 0 Å². The Hall–Kier alpha value is -3.25. The van der Waals surface area contributed by atoms with Gasteiger partial charge in [-0.1, -0.05) is 54.2 Å². The zero-order chi connectivity index (χ0) is 18.1. The average molecular weight is 369 g/mol. The maximum absolute atomic E-state index is 4.92. The number of benzene rings is 2. The van der Waals surface area contributed by atoms with Gasteiger partial charge in [-0.2, -0.15) is 0 Å². The van der Waals surface area contributed by atoms with E-state index in [0.717, 1.165) is 38.8 Å². The molecular formula is C21H15N5S. The number of hydrogen-bond donors (Lipinski definition) is 0. The Kier molecular flexibility index (Phi) is 4.03. The standard InChI is InChI=1S/C21H15N5S/c1-2-6-16(7-3-1)19-23-18-9-5-4-8-17(18)20-24-25-21(26(19)20)27-14-15-10-12-22-13-11-15/h1-13H,14H2. The molecule has 130 valence electrons. The summed E-state index contributed by atoms with van der Waals surface area (Å²) in [6.45, 7) is 0. The molecule has 0 bridgehead atoms. The Balaban J connectivity index is 1.69. The van der Waals surface area contributed by atoms with Crippen LogP contribution in [0, 0.1) is 0 Å². The fourth-order valence-corrected chi connectivity index (χ4v) is 3.95. The van der Waals surface area contributed by atoms with Gasteiger partial charge in [0.1, 0.15) is 5.82 Å². The third-order valence-electron chi connectivity index (χ3n) is 4.37. The molecule has 0 spiro atoms. The van der Waals surface area contributed by atoms with Crippen LogP contribution in [0.3, 0.4) is 0 Å². The van der Waals surface area contributed by atoms with Crippen LogP contribution in [0.15, 0.2) is 84.3 Å². The van der Waals surface area contributed by atoms with Crippen molar-refractivity contribution in [1.82, 2.24) is 24.6 Å². The zero-order valence-electron chi connectivity index (χ0n) is 14.4. The number of rotatable bonds is 4. The van der Waals surface area contributed by atoms with Crippen LogP contribution < -0.4 is 0 Å². The topological polar surface area (TPSA) is 56.0 Å². The number of pyridine rings is 1. The van der Waals surface area contributed by atoms with Crippen molar-refractivity contribution in [3.63, 3.8) is 0 Å². The van der Waals surface area contributed by atoms with Crippen LogP contribution in [0.4, 0.5) is 0 Å². The molecule has 6 heteroatoms. The molecule has 0 radical (unpaired) electrons. The van der Waals surface area contributed by atoms with Gasteiger partial charge in [0.2, 0.25) is 0 Å². The molecule has 27 heavy (non-hydrogen) atoms. The molecule has 5 aromatic rings. The van der Waals surface area contributed by atoms with E-state index in [1.807, 2.05) is 67.0 Å². The molecule has 0 aliphatic rings. The monoisotopic (exact) mass is 369 g/mol. The van der Waals surface area contributed by atoms with Crippen molar-refractivity contribution >= 4 is 28.3 Å². The molecule has 0 N–H and O–H groups in total. The lowest BCUT2D eigenvalue weighted by molar-refractivity contribution is 0.913. The number of thioether (sulfide) groups is 1. The molecule has 0 unspecified atom stereocenters. The predicted octanol–water partition coefficient (Wildman–Crippen LogP) is 4.63. The van der Waals surface area contributed by atoms with E-state index >= 15 is 0 Å². The quantitative estimate of drug-likeness (QED) is 0.432. The van der Waals surface area contributed by atoms with Crippen LogP contribution >= 0.6 is 11.8 Å². The molecule has 3 heterocycles. The lowest BCUT2D eigenvalue weighted by Crippen LogP contribution is -1.99. The summed E-state index contributed by atoms with van der Waals surface area (Å²) >= 11 is 1.65. The fraction of sp³-hybridized carbons (Fsp3) is 0.0476. The van der Waals surface area contributed by atoms with Crippen molar-refractivity contribution in [2.45, 2.75) is 10.9 Å². The molecule has 3 aromatic heterocycles. The normalized spacial score (nSPS) is 11.3. The minimum atomic E-state index is 0.796. The summed E-state index contributed by atoms with van der Waals surface area (Å²) in [4.78, 5) is 9.00. The Morgan fingerprint density at radius 2 is 1.59 bits per heavy atom. The van der Waals surface area contributed by atoms with E-state index in [-0.39, 0.29) is 0 Å². The smallest absolute Gasteiger partial charge is 0.197 e. The number of para-hydroxylation sites is 1. The third kappa shape index (κ3) is 2.94. The SMILES string of the molecule is c1ccc(-c2nc3ccccc3c3nnc(SCc4ccncc4)n23)cc1. The predicted molar refractivity (Wildman–Crippen MR) is 108 cm³/mol. The first-order valence-corrected chi connectivity index (χ1v) is 9.60. The zero-order valence-corrected chi connectivity index (χ0v) is 15.2. The van der Waals surface area contributed by atoms with Gasteiger partial charge in [-0.25, -0.2) is 4.98 Å². The van der Waals surface area contributed by atoms with Crippen molar-refractivity contribution in [1.29, 1.82) is 0 Å². The molecule has 0 amide bonds. The molecule has 0 saturated carbocycles. The minimum absolute atomic E-state index is 0.796. The van der Waals surface area contributed by atoms with E-state index in [4.69, 9.17) is 4.98 Å². The highest BCUT2D eigenvalue weighted by atomic mass is 32.2. The van der Waals surface area contributed by atoms with E-state index in [2.05, 4.69) is 31.7 Å². The van der Waals surface area contributed by atoms with Gasteiger partial charge in [-0.3, -0.25) is 9.38 Å². The molecular weight excluding hydrogens is 354 g/mol. The maximum Gasteiger partial charge on any atom is 0.197 e. The molecule has 5 nitrogen and oxygen atoms in total. The van der Waals surface area contributed by atoms with E-state index in [0.29, 0.717) is 0 Å². The molecule has 0 fully saturated rings. The van der Waals surface area contributed by atoms with Gasteiger partial charge in [0.25, 0.3) is 0 Å². The minimum Gasteiger partial charge on any atom is -0.265 e. The van der Waals surface area contributed by atoms with Crippen LogP contribution in [0.25, 0.3) is 27.9 Å². The lowest BCUT2D eigenvalue weighted by Gasteiger charge is -2.09. The second kappa shape index (κ2) is 6.81. The van der Waals surface area contributed by atoms with Gasteiger partial charge < -0.3 is 0 Å². The second-order valence-corrected chi connectivity index (χ2v) is 7.05. The Bertz CT molecular complexity index is 1220. The Morgan fingerprint density at radius 1 is 0.815 bits per heavy atom. The lowest BCUT2D eigenvalue weighted by atomic mass is 10.2. The summed E-state index contributed by atoms with van der Waals surface area (Å²) < 4.78 is 2.06. The first-order valence-electron chi connectivity index (χ1n) is 8.61. The highest BCUT2D eigenvalue weighted by molar-refractivity contribution is 7.98. The van der Waals surface area contributed by atoms with Gasteiger partial charge in [0.15, 0.2) is 10.8 Å². The van der Waals surface area contributed by atoms with Crippen molar-refractivity contribution in [3.8, 4) is 11.4 Å². The number of aromatic nitrogens is 5. The van der Waals surface area contributed by atoms with Crippen LogP contribution in [0.1, 0.15) is 5.56 Å². The van der Waals surface area contributed by atoms with Crippen molar-refractivity contribution in [2.24, 2.45) is 0 Å². The fourth-order valence-electron chi connectivity index (χ4n) is 3.06. The summed E-state index contributed by atoms with van der Waals surface area (Å²) in [5, 5.41) is 10.8. The highest BCUT2D eigenvalue weighted by Crippen LogP contribution is 2.30. The van der Waals surface area contributed by atoms with Crippen LogP contribution in [0.5, 0.6) is 0 Å². The third-order valence-corrected chi connectivity index (χ3v) is 5.37. The van der Waals surface area contributed by atoms with E-state index in [1.54, 1.807) is 11.8 Å². The summed E-state index contributed by atoms with van der Waals surface area (Å²) in [5.41, 5.74) is 3.99.